The van der Waals surface area contributed by atoms with E-state index in [0.717, 1.165) is 6.07 Å². The van der Waals surface area contributed by atoms with E-state index in [2.05, 4.69) is 36.6 Å². The summed E-state index contributed by atoms with van der Waals surface area (Å²) in [5.41, 5.74) is -0.744. The van der Waals surface area contributed by atoms with Crippen molar-refractivity contribution < 1.29 is 31.6 Å². The minimum absolute atomic E-state index is 0.0675. The van der Waals surface area contributed by atoms with Crippen LogP contribution in [0.1, 0.15) is 34.1 Å². The van der Waals surface area contributed by atoms with Gasteiger partial charge < -0.3 is 9.90 Å². The summed E-state index contributed by atoms with van der Waals surface area (Å²) >= 11 is 5.57. The van der Waals surface area contributed by atoms with Gasteiger partial charge in [0.2, 0.25) is 10.0 Å². The minimum Gasteiger partial charge on any atom is -0.498 e. The van der Waals surface area contributed by atoms with Crippen LogP contribution in [0, 0.1) is 11.6 Å². The van der Waals surface area contributed by atoms with E-state index in [1.54, 1.807) is 27.7 Å². The first-order valence-electron chi connectivity index (χ1n) is 8.10. The fourth-order valence-corrected chi connectivity index (χ4v) is 6.67. The Labute approximate surface area is 173 Å². The molecule has 1 heterocycles. The van der Waals surface area contributed by atoms with Gasteiger partial charge in [-0.3, -0.25) is 4.48 Å². The second kappa shape index (κ2) is 7.33. The third kappa shape index (κ3) is 3.81. The van der Waals surface area contributed by atoms with Gasteiger partial charge >= 0.3 is 0 Å². The first-order chi connectivity index (χ1) is 12.1. The fraction of sp³-hybridized carbons (Fsp3) is 0.562. The van der Waals surface area contributed by atoms with Crippen molar-refractivity contribution >= 4 is 48.0 Å². The van der Waals surface area contributed by atoms with Crippen molar-refractivity contribution in [3.63, 3.8) is 0 Å². The average Bonchev–Trinajstić information content (AvgIpc) is 2.81. The summed E-state index contributed by atoms with van der Waals surface area (Å²) in [6.45, 7) is 6.83. The summed E-state index contributed by atoms with van der Waals surface area (Å²) in [6, 6.07) is -0.404. The molecule has 3 atom stereocenters. The predicted molar refractivity (Wildman–Crippen MR) is 100 cm³/mol. The highest BCUT2D eigenvalue weighted by Crippen LogP contribution is 2.38. The van der Waals surface area contributed by atoms with Gasteiger partial charge in [-0.1, -0.05) is 0 Å². The van der Waals surface area contributed by atoms with Gasteiger partial charge in [-0.2, -0.15) is 0 Å². The van der Waals surface area contributed by atoms with Crippen molar-refractivity contribution in [1.82, 2.24) is 4.72 Å². The summed E-state index contributed by atoms with van der Waals surface area (Å²) in [6.07, 6.45) is -1.10. The van der Waals surface area contributed by atoms with Crippen molar-refractivity contribution in [2.75, 3.05) is 6.54 Å². The lowest BCUT2D eigenvalue weighted by atomic mass is 10.0. The molecule has 1 aromatic carbocycles. The number of halogens is 4. The highest BCUT2D eigenvalue weighted by Gasteiger charge is 2.54. The van der Waals surface area contributed by atoms with E-state index in [4.69, 9.17) is 0 Å². The third-order valence-electron chi connectivity index (χ3n) is 5.07. The number of likely N-dealkylation sites (tertiary alicyclic amines) is 1. The number of carbonyl (C=O) groups is 1. The van der Waals surface area contributed by atoms with Gasteiger partial charge in [-0.05, 0) is 65.6 Å². The summed E-state index contributed by atoms with van der Waals surface area (Å²) in [5, 5.41) is 11.9. The standard InChI is InChI=1S/C16H20Br2F2N2O4S/c1-8-5-9(7-22(8,15(23)24)16(2,3)4)21-27(25,26)14-12(18)11(19)6-10(17)13(14)20/h6,8-9,21H,5,7H2,1-4H3/t8-,9+,22?/m0/s1. The molecule has 27 heavy (non-hydrogen) atoms. The quantitative estimate of drug-likeness (QED) is 0.478. The van der Waals surface area contributed by atoms with Crippen LogP contribution < -0.4 is 9.83 Å². The summed E-state index contributed by atoms with van der Waals surface area (Å²) in [4.78, 5) is 11.1. The molecule has 1 aromatic rings. The normalized spacial score (nSPS) is 26.4. The topological polar surface area (TPSA) is 86.3 Å². The third-order valence-corrected chi connectivity index (χ3v) is 8.25. The van der Waals surface area contributed by atoms with E-state index >= 15 is 0 Å². The van der Waals surface area contributed by atoms with Crippen molar-refractivity contribution in [1.29, 1.82) is 0 Å². The number of benzene rings is 1. The minimum atomic E-state index is -4.46. The number of nitrogens with one attached hydrogen (secondary N) is 1. The Morgan fingerprint density at radius 2 is 1.89 bits per heavy atom. The number of carboxylic acid groups (broad SMARTS) is 1. The predicted octanol–water partition coefficient (Wildman–Crippen LogP) is 2.89. The van der Waals surface area contributed by atoms with E-state index in [-0.39, 0.29) is 17.4 Å². The molecule has 1 aliphatic rings. The Hall–Kier alpha value is -0.620. The molecule has 0 saturated carbocycles. The molecule has 1 N–H and O–H groups in total. The first kappa shape index (κ1) is 22.7. The number of nitrogens with zero attached hydrogens (tertiary/aromatic N) is 1. The van der Waals surface area contributed by atoms with Gasteiger partial charge in [0.1, 0.15) is 17.3 Å². The molecule has 1 amide bonds. The van der Waals surface area contributed by atoms with E-state index in [1.165, 1.54) is 0 Å². The van der Waals surface area contributed by atoms with Crippen LogP contribution in [0.15, 0.2) is 19.9 Å². The van der Waals surface area contributed by atoms with Gasteiger partial charge in [0.05, 0.1) is 26.6 Å². The van der Waals surface area contributed by atoms with Crippen LogP contribution >= 0.6 is 31.9 Å². The molecule has 0 aromatic heterocycles. The molecular formula is C16H20Br2F2N2O4S. The van der Waals surface area contributed by atoms with Gasteiger partial charge in [-0.15, -0.1) is 0 Å². The molecule has 2 rings (SSSR count). The monoisotopic (exact) mass is 532 g/mol. The summed E-state index contributed by atoms with van der Waals surface area (Å²) in [5.74, 6) is -2.09. The van der Waals surface area contributed by atoms with Gasteiger partial charge in [0.25, 0.3) is 6.09 Å². The van der Waals surface area contributed by atoms with Crippen LogP contribution in [0.4, 0.5) is 13.6 Å². The maximum absolute atomic E-state index is 14.4. The zero-order valence-corrected chi connectivity index (χ0v) is 19.1. The Kier molecular flexibility index (Phi) is 6.15. The van der Waals surface area contributed by atoms with E-state index in [1.807, 2.05) is 0 Å². The van der Waals surface area contributed by atoms with Crippen molar-refractivity contribution in [2.45, 2.75) is 56.6 Å². The number of hydrogen-bond donors (Lipinski definition) is 1. The molecule has 1 saturated heterocycles. The lowest BCUT2D eigenvalue weighted by Gasteiger charge is -2.48. The Balaban J connectivity index is 2.43. The van der Waals surface area contributed by atoms with Crippen LogP contribution in [0.3, 0.4) is 0 Å². The zero-order chi connectivity index (χ0) is 20.9. The number of hydrogen-bond acceptors (Lipinski definition) is 4. The second-order valence-electron chi connectivity index (χ2n) is 7.69. The molecule has 0 bridgehead atoms. The van der Waals surface area contributed by atoms with E-state index in [9.17, 15) is 27.1 Å². The van der Waals surface area contributed by atoms with E-state index < -0.39 is 59.2 Å². The molecule has 1 aliphatic heterocycles. The lowest BCUT2D eigenvalue weighted by molar-refractivity contribution is -0.928. The number of amides is 1. The maximum atomic E-state index is 14.4. The molecule has 0 radical (unpaired) electrons. The largest absolute Gasteiger partial charge is 0.498 e. The van der Waals surface area contributed by atoms with Crippen LogP contribution in [-0.2, 0) is 10.0 Å². The molecule has 152 valence electrons. The fourth-order valence-electron chi connectivity index (χ4n) is 3.81. The molecule has 6 nitrogen and oxygen atoms in total. The number of quaternary nitrogens is 1. The number of carbonyl (C=O) groups excluding carboxylic acids is 1. The molecule has 0 aliphatic carbocycles. The second-order valence-corrected chi connectivity index (χ2v) is 11.0. The van der Waals surface area contributed by atoms with Crippen LogP contribution in [0.25, 0.3) is 0 Å². The highest BCUT2D eigenvalue weighted by molar-refractivity contribution is 9.11. The molecule has 1 unspecified atom stereocenters. The maximum Gasteiger partial charge on any atom is 0.258 e. The van der Waals surface area contributed by atoms with Crippen molar-refractivity contribution in [3.8, 4) is 0 Å². The molecule has 1 fully saturated rings. The Bertz CT molecular complexity index is 863. The smallest absolute Gasteiger partial charge is 0.258 e. The summed E-state index contributed by atoms with van der Waals surface area (Å²) in [7, 11) is -4.46. The van der Waals surface area contributed by atoms with Crippen LogP contribution in [0.2, 0.25) is 0 Å². The SMILES string of the molecule is C[C@H]1C[C@@H](NS(=O)(=O)c2c(F)c(Br)cc(F)c2Br)C[N+]1(C(=O)[O-])C(C)(C)C. The van der Waals surface area contributed by atoms with Gasteiger partial charge in [-0.25, -0.2) is 21.9 Å². The first-order valence-corrected chi connectivity index (χ1v) is 11.2. The number of sulfonamides is 1. The van der Waals surface area contributed by atoms with Crippen molar-refractivity contribution in [2.24, 2.45) is 0 Å². The molecule has 0 spiro atoms. The average molecular weight is 534 g/mol. The number of rotatable bonds is 3. The van der Waals surface area contributed by atoms with Gasteiger partial charge in [0.15, 0.2) is 5.82 Å². The van der Waals surface area contributed by atoms with Crippen LogP contribution in [0.5, 0.6) is 0 Å². The van der Waals surface area contributed by atoms with Crippen LogP contribution in [-0.4, -0.2) is 43.2 Å². The van der Waals surface area contributed by atoms with Crippen molar-refractivity contribution in [3.05, 3.63) is 26.6 Å². The zero-order valence-electron chi connectivity index (χ0n) is 15.1. The molecular weight excluding hydrogens is 514 g/mol. The summed E-state index contributed by atoms with van der Waals surface area (Å²) < 4.78 is 54.8. The van der Waals surface area contributed by atoms with Gasteiger partial charge in [0, 0.05) is 6.42 Å². The van der Waals surface area contributed by atoms with E-state index in [0.29, 0.717) is 0 Å². The molecule has 11 heteroatoms. The highest BCUT2D eigenvalue weighted by atomic mass is 79.9. The Morgan fingerprint density at radius 3 is 2.33 bits per heavy atom. The lowest BCUT2D eigenvalue weighted by Crippen LogP contribution is -2.69. The Morgan fingerprint density at radius 1 is 1.33 bits per heavy atom.